The van der Waals surface area contributed by atoms with Crippen molar-refractivity contribution in [2.75, 3.05) is 0 Å². The Morgan fingerprint density at radius 1 is 1.69 bits per heavy atom. The molecule has 0 aromatic carbocycles. The van der Waals surface area contributed by atoms with Gasteiger partial charge in [0, 0.05) is 5.38 Å². The third-order valence-electron chi connectivity index (χ3n) is 1.93. The molecular formula is C8H8IN5OS. The van der Waals surface area contributed by atoms with E-state index in [4.69, 9.17) is 0 Å². The van der Waals surface area contributed by atoms with Gasteiger partial charge in [-0.1, -0.05) is 5.21 Å². The van der Waals surface area contributed by atoms with Gasteiger partial charge in [-0.2, -0.15) is 5.21 Å². The molecule has 2 heterocycles. The molecule has 0 bridgehead atoms. The molecule has 2 N–H and O–H groups in total. The Morgan fingerprint density at radius 3 is 3.06 bits per heavy atom. The second-order valence-electron chi connectivity index (χ2n) is 3.10. The van der Waals surface area contributed by atoms with Crippen molar-refractivity contribution in [2.24, 2.45) is 0 Å². The summed E-state index contributed by atoms with van der Waals surface area (Å²) in [6, 6.07) is 1.58. The van der Waals surface area contributed by atoms with Crippen molar-refractivity contribution in [1.82, 2.24) is 25.9 Å². The maximum absolute atomic E-state index is 11.8. The van der Waals surface area contributed by atoms with E-state index < -0.39 is 0 Å². The van der Waals surface area contributed by atoms with Gasteiger partial charge >= 0.3 is 0 Å². The molecule has 6 nitrogen and oxygen atoms in total. The van der Waals surface area contributed by atoms with Gasteiger partial charge in [-0.05, 0) is 35.6 Å². The van der Waals surface area contributed by atoms with Crippen LogP contribution in [0.25, 0.3) is 0 Å². The lowest BCUT2D eigenvalue weighted by Gasteiger charge is -2.08. The predicted molar refractivity (Wildman–Crippen MR) is 67.1 cm³/mol. The van der Waals surface area contributed by atoms with Crippen molar-refractivity contribution < 1.29 is 4.79 Å². The maximum atomic E-state index is 11.8. The molecule has 1 unspecified atom stereocenters. The van der Waals surface area contributed by atoms with Gasteiger partial charge in [-0.3, -0.25) is 4.79 Å². The van der Waals surface area contributed by atoms with Gasteiger partial charge in [0.25, 0.3) is 5.91 Å². The Kier molecular flexibility index (Phi) is 3.49. The van der Waals surface area contributed by atoms with Crippen molar-refractivity contribution in [3.05, 3.63) is 25.7 Å². The molecule has 0 aliphatic heterocycles. The lowest BCUT2D eigenvalue weighted by atomic mass is 10.2. The number of halogens is 1. The van der Waals surface area contributed by atoms with Crippen LogP contribution in [0.4, 0.5) is 0 Å². The summed E-state index contributed by atoms with van der Waals surface area (Å²) >= 11 is 3.71. The number of hydrogen-bond donors (Lipinski definition) is 2. The van der Waals surface area contributed by atoms with Gasteiger partial charge < -0.3 is 5.32 Å². The zero-order valence-corrected chi connectivity index (χ0v) is 11.2. The van der Waals surface area contributed by atoms with E-state index in [1.54, 1.807) is 6.92 Å². The lowest BCUT2D eigenvalue weighted by Crippen LogP contribution is -2.27. The highest BCUT2D eigenvalue weighted by Crippen LogP contribution is 2.17. The number of amides is 1. The minimum atomic E-state index is -0.260. The van der Waals surface area contributed by atoms with Crippen molar-refractivity contribution in [3.63, 3.8) is 0 Å². The minimum absolute atomic E-state index is 0.128. The van der Waals surface area contributed by atoms with Crippen molar-refractivity contribution >= 4 is 39.8 Å². The molecule has 0 aliphatic carbocycles. The summed E-state index contributed by atoms with van der Waals surface area (Å²) in [6.45, 7) is 1.81. The van der Waals surface area contributed by atoms with Crippen LogP contribution in [-0.2, 0) is 0 Å². The second kappa shape index (κ2) is 4.87. The summed E-state index contributed by atoms with van der Waals surface area (Å²) in [7, 11) is 0. The molecule has 0 spiro atoms. The number of aromatic nitrogens is 4. The molecule has 1 atom stereocenters. The van der Waals surface area contributed by atoms with E-state index in [9.17, 15) is 4.79 Å². The SMILES string of the molecule is CC(NC(=O)c1csc(I)c1)c1nn[nH]n1. The molecule has 2 aromatic heterocycles. The fraction of sp³-hybridized carbons (Fsp3) is 0.250. The number of thiophene rings is 1. The summed E-state index contributed by atoms with van der Waals surface area (Å²) in [5, 5.41) is 18.0. The number of tetrazole rings is 1. The fourth-order valence-electron chi connectivity index (χ4n) is 1.13. The van der Waals surface area contributed by atoms with E-state index >= 15 is 0 Å². The first-order chi connectivity index (χ1) is 7.66. The molecule has 0 aliphatic rings. The van der Waals surface area contributed by atoms with Crippen LogP contribution in [0.3, 0.4) is 0 Å². The summed E-state index contributed by atoms with van der Waals surface area (Å²) in [5.74, 6) is 0.342. The van der Waals surface area contributed by atoms with E-state index in [0.29, 0.717) is 11.4 Å². The van der Waals surface area contributed by atoms with Gasteiger partial charge in [0.1, 0.15) is 0 Å². The maximum Gasteiger partial charge on any atom is 0.252 e. The monoisotopic (exact) mass is 349 g/mol. The summed E-state index contributed by atoms with van der Waals surface area (Å²) in [4.78, 5) is 11.8. The zero-order valence-electron chi connectivity index (χ0n) is 8.27. The van der Waals surface area contributed by atoms with Crippen LogP contribution in [0.15, 0.2) is 11.4 Å². The summed E-state index contributed by atoms with van der Waals surface area (Å²) in [5.41, 5.74) is 0.657. The van der Waals surface area contributed by atoms with Gasteiger partial charge in [-0.25, -0.2) is 0 Å². The average molecular weight is 349 g/mol. The van der Waals surface area contributed by atoms with Crippen molar-refractivity contribution in [2.45, 2.75) is 13.0 Å². The quantitative estimate of drug-likeness (QED) is 0.820. The van der Waals surface area contributed by atoms with Crippen molar-refractivity contribution in [1.29, 1.82) is 0 Å². The standard InChI is InChI=1S/C8H8IN5OS/c1-4(7-11-13-14-12-7)10-8(15)5-2-6(9)16-3-5/h2-4H,1H3,(H,10,15)(H,11,12,13,14). The molecule has 2 aromatic rings. The van der Waals surface area contributed by atoms with E-state index in [-0.39, 0.29) is 11.9 Å². The normalized spacial score (nSPS) is 12.4. The van der Waals surface area contributed by atoms with Crippen LogP contribution in [0.2, 0.25) is 0 Å². The number of hydrogen-bond acceptors (Lipinski definition) is 5. The van der Waals surface area contributed by atoms with Crippen LogP contribution >= 0.6 is 33.9 Å². The second-order valence-corrected chi connectivity index (χ2v) is 5.91. The van der Waals surface area contributed by atoms with Gasteiger partial charge in [-0.15, -0.1) is 21.5 Å². The summed E-state index contributed by atoms with van der Waals surface area (Å²) in [6.07, 6.45) is 0. The fourth-order valence-corrected chi connectivity index (χ4v) is 2.45. The van der Waals surface area contributed by atoms with E-state index in [1.807, 2.05) is 11.4 Å². The first-order valence-corrected chi connectivity index (χ1v) is 6.41. The minimum Gasteiger partial charge on any atom is -0.342 e. The average Bonchev–Trinajstić information content (AvgIpc) is 2.87. The van der Waals surface area contributed by atoms with E-state index in [1.165, 1.54) is 11.3 Å². The molecule has 0 radical (unpaired) electrons. The zero-order chi connectivity index (χ0) is 11.5. The highest BCUT2D eigenvalue weighted by Gasteiger charge is 2.15. The van der Waals surface area contributed by atoms with Crippen LogP contribution < -0.4 is 5.32 Å². The van der Waals surface area contributed by atoms with Gasteiger partial charge in [0.05, 0.1) is 14.5 Å². The van der Waals surface area contributed by atoms with E-state index in [2.05, 4.69) is 48.5 Å². The van der Waals surface area contributed by atoms with Crippen molar-refractivity contribution in [3.8, 4) is 0 Å². The van der Waals surface area contributed by atoms with Crippen LogP contribution in [0, 0.1) is 2.88 Å². The number of carbonyl (C=O) groups excluding carboxylic acids is 1. The van der Waals surface area contributed by atoms with Crippen LogP contribution in [0.5, 0.6) is 0 Å². The molecule has 0 saturated carbocycles. The van der Waals surface area contributed by atoms with Gasteiger partial charge in [0.2, 0.25) is 0 Å². The first kappa shape index (κ1) is 11.5. The smallest absolute Gasteiger partial charge is 0.252 e. The number of nitrogens with zero attached hydrogens (tertiary/aromatic N) is 3. The molecule has 2 rings (SSSR count). The largest absolute Gasteiger partial charge is 0.342 e. The Labute approximate surface area is 109 Å². The lowest BCUT2D eigenvalue weighted by molar-refractivity contribution is 0.0938. The van der Waals surface area contributed by atoms with Crippen LogP contribution in [-0.4, -0.2) is 26.5 Å². The Hall–Kier alpha value is -1.03. The first-order valence-electron chi connectivity index (χ1n) is 4.45. The third kappa shape index (κ3) is 2.55. The highest BCUT2D eigenvalue weighted by molar-refractivity contribution is 14.1. The summed E-state index contributed by atoms with van der Waals surface area (Å²) < 4.78 is 1.08. The molecule has 16 heavy (non-hydrogen) atoms. The molecule has 0 saturated heterocycles. The number of carbonyl (C=O) groups is 1. The Morgan fingerprint density at radius 2 is 2.50 bits per heavy atom. The molecule has 1 amide bonds. The Balaban J connectivity index is 2.03. The molecule has 8 heteroatoms. The molecule has 84 valence electrons. The molecule has 0 fully saturated rings. The number of nitrogens with one attached hydrogen (secondary N) is 2. The highest BCUT2D eigenvalue weighted by atomic mass is 127. The topological polar surface area (TPSA) is 83.6 Å². The van der Waals surface area contributed by atoms with E-state index in [0.717, 1.165) is 2.88 Å². The number of aromatic amines is 1. The predicted octanol–water partition coefficient (Wildman–Crippen LogP) is 1.36. The third-order valence-corrected chi connectivity index (χ3v) is 3.72. The molecular weight excluding hydrogens is 341 g/mol. The number of rotatable bonds is 3. The number of H-pyrrole nitrogens is 1. The Bertz CT molecular complexity index is 482. The van der Waals surface area contributed by atoms with Gasteiger partial charge in [0.15, 0.2) is 5.82 Å². The van der Waals surface area contributed by atoms with Crippen LogP contribution in [0.1, 0.15) is 29.1 Å².